The normalized spacial score (nSPS) is 23.6. The van der Waals surface area contributed by atoms with Crippen molar-refractivity contribution in [1.29, 1.82) is 0 Å². The van der Waals surface area contributed by atoms with Gasteiger partial charge in [-0.3, -0.25) is 4.99 Å². The van der Waals surface area contributed by atoms with Crippen LogP contribution in [0.5, 0.6) is 0 Å². The monoisotopic (exact) mass is 374 g/mol. The number of benzene rings is 3. The van der Waals surface area contributed by atoms with Gasteiger partial charge in [-0.2, -0.15) is 0 Å². The van der Waals surface area contributed by atoms with Gasteiger partial charge < -0.3 is 10.0 Å². The van der Waals surface area contributed by atoms with E-state index >= 15 is 0 Å². The lowest BCUT2D eigenvalue weighted by Gasteiger charge is -2.45. The Balaban J connectivity index is 1.77. The molecule has 2 aliphatic heterocycles. The Bertz CT molecular complexity index is 1020. The molecule has 5 rings (SSSR count). The second kappa shape index (κ2) is 6.22. The molecule has 1 N–H and O–H groups in total. The highest BCUT2D eigenvalue weighted by Crippen LogP contribution is 2.47. The fourth-order valence-corrected chi connectivity index (χ4v) is 4.48. The zero-order valence-corrected chi connectivity index (χ0v) is 15.5. The molecule has 0 fully saturated rings. The van der Waals surface area contributed by atoms with Crippen molar-refractivity contribution in [2.24, 2.45) is 4.99 Å². The van der Waals surface area contributed by atoms with E-state index in [2.05, 4.69) is 23.1 Å². The predicted molar refractivity (Wildman–Crippen MR) is 108 cm³/mol. The molecule has 0 aliphatic carbocycles. The minimum atomic E-state index is -1.24. The molecule has 0 spiro atoms. The number of nitrogens with zero attached hydrogens (tertiary/aromatic N) is 2. The summed E-state index contributed by atoms with van der Waals surface area (Å²) in [7, 11) is 0. The largest absolute Gasteiger partial charge is 0.373 e. The number of halogens is 1. The number of amidine groups is 1. The number of fused-ring (bicyclic) bond motifs is 2. The Labute approximate surface area is 163 Å². The van der Waals surface area contributed by atoms with Crippen LogP contribution in [0.1, 0.15) is 28.3 Å². The summed E-state index contributed by atoms with van der Waals surface area (Å²) < 4.78 is 0. The predicted octanol–water partition coefficient (Wildman–Crippen LogP) is 4.39. The van der Waals surface area contributed by atoms with Gasteiger partial charge in [0.15, 0.2) is 5.60 Å². The minimum Gasteiger partial charge on any atom is -0.373 e. The zero-order chi connectivity index (χ0) is 18.4. The first-order valence-corrected chi connectivity index (χ1v) is 9.52. The molecule has 134 valence electrons. The van der Waals surface area contributed by atoms with E-state index in [1.165, 1.54) is 0 Å². The van der Waals surface area contributed by atoms with E-state index in [0.717, 1.165) is 39.7 Å². The minimum absolute atomic E-state index is 0.0173. The first-order valence-electron chi connectivity index (χ1n) is 9.14. The summed E-state index contributed by atoms with van der Waals surface area (Å²) in [5.74, 6) is 0.729. The van der Waals surface area contributed by atoms with Gasteiger partial charge in [-0.05, 0) is 28.8 Å². The van der Waals surface area contributed by atoms with Gasteiger partial charge in [0.05, 0.1) is 12.6 Å². The summed E-state index contributed by atoms with van der Waals surface area (Å²) >= 11 is 6.11. The van der Waals surface area contributed by atoms with E-state index in [1.54, 1.807) is 0 Å². The molecule has 0 aromatic heterocycles. The van der Waals surface area contributed by atoms with Gasteiger partial charge in [0, 0.05) is 17.1 Å². The SMILES string of the molecule is O[C@]1(c2ccccc2)C2=NCCN2[C@H](c2ccc(Cl)cc2)c2ccccc21. The summed E-state index contributed by atoms with van der Waals surface area (Å²) in [5.41, 5.74) is 2.76. The van der Waals surface area contributed by atoms with Crippen molar-refractivity contribution in [3.63, 3.8) is 0 Å². The summed E-state index contributed by atoms with van der Waals surface area (Å²) in [4.78, 5) is 6.98. The zero-order valence-electron chi connectivity index (χ0n) is 14.7. The summed E-state index contributed by atoms with van der Waals surface area (Å²) in [6, 6.07) is 26.0. The van der Waals surface area contributed by atoms with Crippen LogP contribution in [0.3, 0.4) is 0 Å². The number of hydrogen-bond donors (Lipinski definition) is 1. The molecule has 3 aromatic rings. The van der Waals surface area contributed by atoms with Crippen molar-refractivity contribution in [1.82, 2.24) is 4.90 Å². The van der Waals surface area contributed by atoms with Gasteiger partial charge in [0.25, 0.3) is 0 Å². The maximum Gasteiger partial charge on any atom is 0.172 e. The third kappa shape index (κ3) is 2.43. The van der Waals surface area contributed by atoms with Crippen molar-refractivity contribution in [3.8, 4) is 0 Å². The Morgan fingerprint density at radius 3 is 2.41 bits per heavy atom. The van der Waals surface area contributed by atoms with E-state index in [-0.39, 0.29) is 6.04 Å². The molecular formula is C23H19ClN2O. The van der Waals surface area contributed by atoms with Crippen LogP contribution in [0.25, 0.3) is 0 Å². The molecule has 27 heavy (non-hydrogen) atoms. The number of hydrogen-bond acceptors (Lipinski definition) is 3. The summed E-state index contributed by atoms with van der Waals surface area (Å²) in [5, 5.41) is 12.7. The van der Waals surface area contributed by atoms with Gasteiger partial charge in [-0.1, -0.05) is 78.3 Å². The highest BCUT2D eigenvalue weighted by Gasteiger charge is 2.50. The molecule has 4 heteroatoms. The average Bonchev–Trinajstić information content (AvgIpc) is 3.20. The molecule has 3 aromatic carbocycles. The topological polar surface area (TPSA) is 35.8 Å². The second-order valence-corrected chi connectivity index (χ2v) is 7.45. The molecule has 0 amide bonds. The van der Waals surface area contributed by atoms with Crippen molar-refractivity contribution >= 4 is 17.4 Å². The Morgan fingerprint density at radius 2 is 1.63 bits per heavy atom. The number of rotatable bonds is 2. The number of aliphatic hydroxyl groups is 1. The molecule has 3 nitrogen and oxygen atoms in total. The van der Waals surface area contributed by atoms with Gasteiger partial charge in [-0.25, -0.2) is 0 Å². The third-order valence-electron chi connectivity index (χ3n) is 5.53. The molecule has 0 saturated carbocycles. The first-order chi connectivity index (χ1) is 13.2. The third-order valence-corrected chi connectivity index (χ3v) is 5.78. The van der Waals surface area contributed by atoms with Crippen LogP contribution < -0.4 is 0 Å². The van der Waals surface area contributed by atoms with Crippen molar-refractivity contribution < 1.29 is 5.11 Å². The standard InChI is InChI=1S/C23H19ClN2O/c24-18-12-10-16(11-13-18)21-19-8-4-5-9-20(19)23(27,17-6-2-1-3-7-17)22-25-14-15-26(21)22/h1-13,21,27H,14-15H2/t21-,23+/m1/s1. The molecule has 0 saturated heterocycles. The maximum atomic E-state index is 12.0. The smallest absolute Gasteiger partial charge is 0.172 e. The fourth-order valence-electron chi connectivity index (χ4n) is 4.36. The van der Waals surface area contributed by atoms with Crippen molar-refractivity contribution in [2.75, 3.05) is 13.1 Å². The fraction of sp³-hybridized carbons (Fsp3) is 0.174. The van der Waals surface area contributed by atoms with Crippen LogP contribution in [0.2, 0.25) is 5.02 Å². The van der Waals surface area contributed by atoms with E-state index in [0.29, 0.717) is 6.54 Å². The lowest BCUT2D eigenvalue weighted by Crippen LogP contribution is -2.52. The molecule has 0 radical (unpaired) electrons. The van der Waals surface area contributed by atoms with Gasteiger partial charge in [-0.15, -0.1) is 0 Å². The van der Waals surface area contributed by atoms with Crippen LogP contribution in [0.15, 0.2) is 83.9 Å². The first kappa shape index (κ1) is 16.5. The highest BCUT2D eigenvalue weighted by molar-refractivity contribution is 6.30. The quantitative estimate of drug-likeness (QED) is 0.722. The summed E-state index contributed by atoms with van der Waals surface area (Å²) in [6.45, 7) is 1.47. The van der Waals surface area contributed by atoms with E-state index in [9.17, 15) is 5.11 Å². The molecule has 0 unspecified atom stereocenters. The molecule has 2 atom stereocenters. The van der Waals surface area contributed by atoms with Gasteiger partial charge in [0.1, 0.15) is 5.84 Å². The highest BCUT2D eigenvalue weighted by atomic mass is 35.5. The average molecular weight is 375 g/mol. The van der Waals surface area contributed by atoms with Crippen LogP contribution in [0, 0.1) is 0 Å². The van der Waals surface area contributed by atoms with E-state index in [4.69, 9.17) is 16.6 Å². The van der Waals surface area contributed by atoms with Crippen LogP contribution in [0.4, 0.5) is 0 Å². The lowest BCUT2D eigenvalue weighted by atomic mass is 9.75. The maximum absolute atomic E-state index is 12.0. The van der Waals surface area contributed by atoms with Crippen LogP contribution in [-0.2, 0) is 5.60 Å². The Morgan fingerprint density at radius 1 is 0.926 bits per heavy atom. The number of aliphatic imine (C=N–C) groups is 1. The van der Waals surface area contributed by atoms with Gasteiger partial charge in [0.2, 0.25) is 0 Å². The van der Waals surface area contributed by atoms with Crippen LogP contribution >= 0.6 is 11.6 Å². The summed E-state index contributed by atoms with van der Waals surface area (Å²) in [6.07, 6.45) is 0. The van der Waals surface area contributed by atoms with E-state index < -0.39 is 5.60 Å². The molecule has 2 heterocycles. The van der Waals surface area contributed by atoms with Gasteiger partial charge >= 0.3 is 0 Å². The van der Waals surface area contributed by atoms with E-state index in [1.807, 2.05) is 60.7 Å². The van der Waals surface area contributed by atoms with Crippen LogP contribution in [-0.4, -0.2) is 28.9 Å². The molecular weight excluding hydrogens is 356 g/mol. The Kier molecular flexibility index (Phi) is 3.81. The molecule has 2 aliphatic rings. The Hall–Kier alpha value is -2.62. The second-order valence-electron chi connectivity index (χ2n) is 7.02. The molecule has 0 bridgehead atoms. The lowest BCUT2D eigenvalue weighted by molar-refractivity contribution is 0.124. The van der Waals surface area contributed by atoms with Crippen molar-refractivity contribution in [3.05, 3.63) is 106 Å². The van der Waals surface area contributed by atoms with Crippen molar-refractivity contribution in [2.45, 2.75) is 11.6 Å².